The smallest absolute Gasteiger partial charge is 0.00608 e. The molecular formula is C15H29NS. The number of nitrogens with one attached hydrogen (secondary N) is 1. The van der Waals surface area contributed by atoms with Gasteiger partial charge in [0.1, 0.15) is 0 Å². The van der Waals surface area contributed by atoms with Gasteiger partial charge in [-0.3, -0.25) is 0 Å². The second-order valence-electron chi connectivity index (χ2n) is 6.12. The van der Waals surface area contributed by atoms with Gasteiger partial charge in [-0.05, 0) is 44.1 Å². The second-order valence-corrected chi connectivity index (χ2v) is 7.53. The Hall–Kier alpha value is 0.310. The summed E-state index contributed by atoms with van der Waals surface area (Å²) in [6, 6.07) is 0. The molecule has 2 heteroatoms. The Morgan fingerprint density at radius 3 is 2.65 bits per heavy atom. The number of hydrogen-bond donors (Lipinski definition) is 1. The minimum absolute atomic E-state index is 0.965. The van der Waals surface area contributed by atoms with E-state index in [0.717, 1.165) is 17.1 Å². The molecule has 0 amide bonds. The topological polar surface area (TPSA) is 12.0 Å². The van der Waals surface area contributed by atoms with Crippen LogP contribution in [0.5, 0.6) is 0 Å². The Morgan fingerprint density at radius 2 is 1.88 bits per heavy atom. The van der Waals surface area contributed by atoms with Crippen LogP contribution in [0.15, 0.2) is 0 Å². The summed E-state index contributed by atoms with van der Waals surface area (Å²) in [6.45, 7) is 4.93. The van der Waals surface area contributed by atoms with E-state index in [0.29, 0.717) is 0 Å². The van der Waals surface area contributed by atoms with Crippen molar-refractivity contribution in [3.05, 3.63) is 0 Å². The van der Waals surface area contributed by atoms with Crippen LogP contribution in [0.1, 0.15) is 58.3 Å². The average molecular weight is 255 g/mol. The molecule has 2 aliphatic rings. The molecule has 2 aliphatic carbocycles. The lowest BCUT2D eigenvalue weighted by Crippen LogP contribution is -2.25. The van der Waals surface area contributed by atoms with Crippen molar-refractivity contribution >= 4 is 11.8 Å². The van der Waals surface area contributed by atoms with Crippen molar-refractivity contribution in [1.29, 1.82) is 0 Å². The molecule has 0 heterocycles. The maximum Gasteiger partial charge on any atom is 0.00608 e. The van der Waals surface area contributed by atoms with Gasteiger partial charge >= 0.3 is 0 Å². The first kappa shape index (κ1) is 13.7. The van der Waals surface area contributed by atoms with E-state index < -0.39 is 0 Å². The summed E-state index contributed by atoms with van der Waals surface area (Å²) in [4.78, 5) is 0. The van der Waals surface area contributed by atoms with Crippen LogP contribution in [0.25, 0.3) is 0 Å². The van der Waals surface area contributed by atoms with Gasteiger partial charge in [0.15, 0.2) is 0 Å². The summed E-state index contributed by atoms with van der Waals surface area (Å²) in [7, 11) is 0. The zero-order valence-electron chi connectivity index (χ0n) is 11.4. The molecule has 2 atom stereocenters. The first-order valence-corrected chi connectivity index (χ1v) is 8.72. The van der Waals surface area contributed by atoms with Crippen molar-refractivity contribution in [2.75, 3.05) is 18.8 Å². The van der Waals surface area contributed by atoms with Gasteiger partial charge in [-0.2, -0.15) is 11.8 Å². The van der Waals surface area contributed by atoms with Crippen molar-refractivity contribution < 1.29 is 0 Å². The van der Waals surface area contributed by atoms with Gasteiger partial charge in [0, 0.05) is 17.5 Å². The Balaban J connectivity index is 1.45. The molecule has 0 aromatic rings. The van der Waals surface area contributed by atoms with E-state index in [1.165, 1.54) is 70.2 Å². The Labute approximate surface area is 112 Å². The summed E-state index contributed by atoms with van der Waals surface area (Å²) in [5, 5.41) is 4.62. The maximum absolute atomic E-state index is 3.66. The third-order valence-corrected chi connectivity index (χ3v) is 5.77. The van der Waals surface area contributed by atoms with Crippen LogP contribution in [0.4, 0.5) is 0 Å². The molecule has 1 nitrogen and oxygen atoms in total. The van der Waals surface area contributed by atoms with Crippen LogP contribution in [-0.2, 0) is 0 Å². The van der Waals surface area contributed by atoms with Crippen LogP contribution in [0, 0.1) is 11.8 Å². The molecule has 0 radical (unpaired) electrons. The zero-order valence-corrected chi connectivity index (χ0v) is 12.2. The Kier molecular flexibility index (Phi) is 6.21. The molecule has 2 fully saturated rings. The van der Waals surface area contributed by atoms with Crippen molar-refractivity contribution in [1.82, 2.24) is 5.32 Å². The van der Waals surface area contributed by atoms with E-state index in [4.69, 9.17) is 0 Å². The number of thioether (sulfide) groups is 1. The maximum atomic E-state index is 3.66. The fourth-order valence-corrected chi connectivity index (χ4v) is 4.74. The van der Waals surface area contributed by atoms with Crippen LogP contribution in [0.3, 0.4) is 0 Å². The third kappa shape index (κ3) is 5.21. The normalized spacial score (nSPS) is 30.9. The van der Waals surface area contributed by atoms with Crippen LogP contribution < -0.4 is 5.32 Å². The molecule has 0 saturated heterocycles. The fourth-order valence-electron chi connectivity index (χ4n) is 3.35. The first-order chi connectivity index (χ1) is 8.34. The highest BCUT2D eigenvalue weighted by Gasteiger charge is 2.18. The van der Waals surface area contributed by atoms with E-state index in [2.05, 4.69) is 24.0 Å². The lowest BCUT2D eigenvalue weighted by molar-refractivity contribution is 0.394. The van der Waals surface area contributed by atoms with E-state index in [-0.39, 0.29) is 0 Å². The molecule has 0 aromatic heterocycles. The Bertz CT molecular complexity index is 201. The highest BCUT2D eigenvalue weighted by atomic mass is 32.2. The molecule has 0 aromatic carbocycles. The molecule has 1 N–H and O–H groups in total. The lowest BCUT2D eigenvalue weighted by Gasteiger charge is -2.26. The summed E-state index contributed by atoms with van der Waals surface area (Å²) in [5.41, 5.74) is 0. The molecule has 2 saturated carbocycles. The minimum Gasteiger partial charge on any atom is -0.316 e. The molecular weight excluding hydrogens is 226 g/mol. The molecule has 0 bridgehead atoms. The van der Waals surface area contributed by atoms with E-state index in [1.807, 2.05) is 0 Å². The van der Waals surface area contributed by atoms with Gasteiger partial charge in [0.2, 0.25) is 0 Å². The van der Waals surface area contributed by atoms with E-state index >= 15 is 0 Å². The SMILES string of the molecule is CC1CCCC(SCCNCC2CCCC2)C1. The monoisotopic (exact) mass is 255 g/mol. The Morgan fingerprint density at radius 1 is 1.06 bits per heavy atom. The van der Waals surface area contributed by atoms with Gasteiger partial charge in [0.05, 0.1) is 0 Å². The molecule has 2 rings (SSSR count). The third-order valence-electron chi connectivity index (χ3n) is 4.43. The van der Waals surface area contributed by atoms with Crippen LogP contribution >= 0.6 is 11.8 Å². The largest absolute Gasteiger partial charge is 0.316 e. The minimum atomic E-state index is 0.965. The predicted molar refractivity (Wildman–Crippen MR) is 78.7 cm³/mol. The second kappa shape index (κ2) is 7.68. The zero-order chi connectivity index (χ0) is 11.9. The highest BCUT2D eigenvalue weighted by molar-refractivity contribution is 7.99. The van der Waals surface area contributed by atoms with Gasteiger partial charge in [0.25, 0.3) is 0 Å². The van der Waals surface area contributed by atoms with Crippen LogP contribution in [0.2, 0.25) is 0 Å². The first-order valence-electron chi connectivity index (χ1n) is 7.67. The molecule has 2 unspecified atom stereocenters. The fraction of sp³-hybridized carbons (Fsp3) is 1.00. The summed E-state index contributed by atoms with van der Waals surface area (Å²) in [6.07, 6.45) is 11.8. The predicted octanol–water partition coefficient (Wildman–Crippen LogP) is 4.08. The number of rotatable bonds is 6. The standard InChI is InChI=1S/C15H29NS/c1-13-5-4-8-15(11-13)17-10-9-16-12-14-6-2-3-7-14/h13-16H,2-12H2,1H3. The highest BCUT2D eigenvalue weighted by Crippen LogP contribution is 2.31. The summed E-state index contributed by atoms with van der Waals surface area (Å²) in [5.74, 6) is 3.30. The average Bonchev–Trinajstić information content (AvgIpc) is 2.82. The van der Waals surface area contributed by atoms with Crippen molar-refractivity contribution in [2.45, 2.75) is 63.5 Å². The van der Waals surface area contributed by atoms with Crippen LogP contribution in [-0.4, -0.2) is 24.1 Å². The van der Waals surface area contributed by atoms with Crippen molar-refractivity contribution in [3.63, 3.8) is 0 Å². The van der Waals surface area contributed by atoms with Gasteiger partial charge in [-0.1, -0.05) is 32.6 Å². The van der Waals surface area contributed by atoms with Crippen molar-refractivity contribution in [2.24, 2.45) is 11.8 Å². The molecule has 100 valence electrons. The van der Waals surface area contributed by atoms with E-state index in [9.17, 15) is 0 Å². The van der Waals surface area contributed by atoms with Gasteiger partial charge in [-0.15, -0.1) is 0 Å². The molecule has 0 aliphatic heterocycles. The molecule has 0 spiro atoms. The molecule has 17 heavy (non-hydrogen) atoms. The van der Waals surface area contributed by atoms with Crippen molar-refractivity contribution in [3.8, 4) is 0 Å². The quantitative estimate of drug-likeness (QED) is 0.718. The van der Waals surface area contributed by atoms with Gasteiger partial charge in [-0.25, -0.2) is 0 Å². The van der Waals surface area contributed by atoms with E-state index in [1.54, 1.807) is 0 Å². The number of hydrogen-bond acceptors (Lipinski definition) is 2. The summed E-state index contributed by atoms with van der Waals surface area (Å²) < 4.78 is 0. The lowest BCUT2D eigenvalue weighted by atomic mass is 9.91. The van der Waals surface area contributed by atoms with Gasteiger partial charge < -0.3 is 5.32 Å². The summed E-state index contributed by atoms with van der Waals surface area (Å²) >= 11 is 2.22.